The molecular formula is C21H26FNO3S. The van der Waals surface area contributed by atoms with Gasteiger partial charge in [0.05, 0.1) is 0 Å². The van der Waals surface area contributed by atoms with E-state index in [4.69, 9.17) is 0 Å². The third kappa shape index (κ3) is 5.79. The summed E-state index contributed by atoms with van der Waals surface area (Å²) in [4.78, 5) is 12.1. The van der Waals surface area contributed by atoms with Gasteiger partial charge in [-0.2, -0.15) is 10.6 Å². The van der Waals surface area contributed by atoms with Crippen LogP contribution in [-0.2, 0) is 11.2 Å². The minimum atomic E-state index is -2.41. The molecule has 0 aromatic heterocycles. The highest BCUT2D eigenvalue weighted by molar-refractivity contribution is 8.24. The number of benzene rings is 2. The fraction of sp³-hybridized carbons (Fsp3) is 0.381. The lowest BCUT2D eigenvalue weighted by atomic mass is 10.0. The van der Waals surface area contributed by atoms with Crippen molar-refractivity contribution in [3.05, 3.63) is 59.9 Å². The van der Waals surface area contributed by atoms with Crippen LogP contribution < -0.4 is 5.32 Å². The van der Waals surface area contributed by atoms with Gasteiger partial charge in [-0.15, -0.1) is 0 Å². The van der Waals surface area contributed by atoms with E-state index in [2.05, 4.69) is 5.32 Å². The van der Waals surface area contributed by atoms with E-state index in [0.29, 0.717) is 36.3 Å². The molecule has 1 heterocycles. The SMILES string of the molecule is O=C(CCCc1ccc(-c2ccccc2F)cc1)NC1CCS(O)(O)CC1. The van der Waals surface area contributed by atoms with Crippen LogP contribution in [0.2, 0.25) is 0 Å². The molecule has 0 aliphatic carbocycles. The average molecular weight is 392 g/mol. The molecule has 1 amide bonds. The molecule has 0 spiro atoms. The van der Waals surface area contributed by atoms with Crippen LogP contribution in [0.25, 0.3) is 11.1 Å². The lowest BCUT2D eigenvalue weighted by molar-refractivity contribution is -0.121. The Bertz CT molecular complexity index is 769. The highest BCUT2D eigenvalue weighted by Gasteiger charge is 2.24. The van der Waals surface area contributed by atoms with Crippen molar-refractivity contribution >= 4 is 16.5 Å². The molecule has 0 radical (unpaired) electrons. The maximum absolute atomic E-state index is 13.8. The summed E-state index contributed by atoms with van der Waals surface area (Å²) in [6.07, 6.45) is 3.24. The number of rotatable bonds is 6. The predicted octanol–water partition coefficient (Wildman–Crippen LogP) is 4.84. The van der Waals surface area contributed by atoms with Crippen LogP contribution >= 0.6 is 10.6 Å². The summed E-state index contributed by atoms with van der Waals surface area (Å²) in [6, 6.07) is 14.5. The van der Waals surface area contributed by atoms with Crippen LogP contribution in [0.15, 0.2) is 48.5 Å². The fourth-order valence-corrected chi connectivity index (χ4v) is 4.88. The Hall–Kier alpha value is -1.89. The van der Waals surface area contributed by atoms with Crippen molar-refractivity contribution in [3.8, 4) is 11.1 Å². The van der Waals surface area contributed by atoms with Gasteiger partial charge in [0.25, 0.3) is 0 Å². The second-order valence-corrected chi connectivity index (χ2v) is 9.50. The molecule has 146 valence electrons. The molecular weight excluding hydrogens is 365 g/mol. The summed E-state index contributed by atoms with van der Waals surface area (Å²) in [5.74, 6) is 0.547. The minimum Gasteiger partial charge on any atom is -0.353 e. The molecule has 3 N–H and O–H groups in total. The van der Waals surface area contributed by atoms with Gasteiger partial charge in [0.1, 0.15) is 5.82 Å². The van der Waals surface area contributed by atoms with Gasteiger partial charge < -0.3 is 5.32 Å². The number of aryl methyl sites for hydroxylation is 1. The standard InChI is InChI=1S/C21H26FNO3S/c22-20-6-2-1-5-19(20)17-10-8-16(9-11-17)4-3-7-21(24)23-18-12-14-27(25,26)15-13-18/h1-2,5-6,8-11,18,25-26H,3-4,7,12-15H2,(H,23,24). The van der Waals surface area contributed by atoms with E-state index in [0.717, 1.165) is 24.0 Å². The monoisotopic (exact) mass is 391 g/mol. The van der Waals surface area contributed by atoms with Crippen LogP contribution in [0.4, 0.5) is 4.39 Å². The van der Waals surface area contributed by atoms with E-state index in [1.807, 2.05) is 30.3 Å². The maximum atomic E-state index is 13.8. The predicted molar refractivity (Wildman–Crippen MR) is 109 cm³/mol. The smallest absolute Gasteiger partial charge is 0.220 e. The Morgan fingerprint density at radius 3 is 2.41 bits per heavy atom. The molecule has 0 bridgehead atoms. The van der Waals surface area contributed by atoms with Crippen LogP contribution in [0.5, 0.6) is 0 Å². The third-order valence-corrected chi connectivity index (χ3v) is 6.74. The van der Waals surface area contributed by atoms with Crippen molar-refractivity contribution in [2.24, 2.45) is 0 Å². The second kappa shape index (κ2) is 8.87. The summed E-state index contributed by atoms with van der Waals surface area (Å²) in [7, 11) is -2.41. The van der Waals surface area contributed by atoms with Gasteiger partial charge in [0, 0.05) is 29.5 Å². The summed E-state index contributed by atoms with van der Waals surface area (Å²) in [5.41, 5.74) is 2.56. The fourth-order valence-electron chi connectivity index (χ4n) is 3.35. The van der Waals surface area contributed by atoms with Crippen molar-refractivity contribution in [1.82, 2.24) is 5.32 Å². The lowest BCUT2D eigenvalue weighted by Gasteiger charge is -2.39. The van der Waals surface area contributed by atoms with Gasteiger partial charge in [0.2, 0.25) is 5.91 Å². The third-order valence-electron chi connectivity index (χ3n) is 4.96. The van der Waals surface area contributed by atoms with Gasteiger partial charge in [-0.1, -0.05) is 42.5 Å². The highest BCUT2D eigenvalue weighted by Crippen LogP contribution is 2.43. The molecule has 0 saturated carbocycles. The van der Waals surface area contributed by atoms with E-state index < -0.39 is 10.6 Å². The van der Waals surface area contributed by atoms with Gasteiger partial charge in [-0.05, 0) is 42.9 Å². The Kier molecular flexibility index (Phi) is 6.52. The number of carbonyl (C=O) groups excluding carboxylic acids is 1. The number of nitrogens with one attached hydrogen (secondary N) is 1. The Balaban J connectivity index is 1.43. The van der Waals surface area contributed by atoms with Crippen molar-refractivity contribution in [3.63, 3.8) is 0 Å². The number of amides is 1. The number of carbonyl (C=O) groups is 1. The molecule has 1 fully saturated rings. The van der Waals surface area contributed by atoms with E-state index in [1.165, 1.54) is 6.07 Å². The highest BCUT2D eigenvalue weighted by atomic mass is 32.3. The summed E-state index contributed by atoms with van der Waals surface area (Å²) >= 11 is 0. The molecule has 27 heavy (non-hydrogen) atoms. The largest absolute Gasteiger partial charge is 0.353 e. The lowest BCUT2D eigenvalue weighted by Crippen LogP contribution is -2.39. The molecule has 2 aromatic rings. The Morgan fingerprint density at radius 2 is 1.74 bits per heavy atom. The zero-order valence-electron chi connectivity index (χ0n) is 15.2. The van der Waals surface area contributed by atoms with Crippen LogP contribution in [0.3, 0.4) is 0 Å². The molecule has 1 aliphatic rings. The number of halogens is 1. The molecule has 2 aromatic carbocycles. The Labute approximate surface area is 161 Å². The molecule has 6 heteroatoms. The number of hydrogen-bond donors (Lipinski definition) is 3. The van der Waals surface area contributed by atoms with E-state index in [1.54, 1.807) is 12.1 Å². The van der Waals surface area contributed by atoms with Crippen molar-refractivity contribution in [2.45, 2.75) is 38.1 Å². The van der Waals surface area contributed by atoms with Crippen molar-refractivity contribution in [1.29, 1.82) is 0 Å². The van der Waals surface area contributed by atoms with Crippen LogP contribution in [0.1, 0.15) is 31.2 Å². The summed E-state index contributed by atoms with van der Waals surface area (Å²) in [5, 5.41) is 2.99. The molecule has 0 unspecified atom stereocenters. The van der Waals surface area contributed by atoms with E-state index in [9.17, 15) is 18.3 Å². The summed E-state index contributed by atoms with van der Waals surface area (Å²) in [6.45, 7) is 0. The normalized spacial score (nSPS) is 18.0. The van der Waals surface area contributed by atoms with E-state index in [-0.39, 0.29) is 17.8 Å². The van der Waals surface area contributed by atoms with Gasteiger partial charge in [0.15, 0.2) is 0 Å². The number of hydrogen-bond acceptors (Lipinski definition) is 3. The molecule has 3 rings (SSSR count). The molecule has 4 nitrogen and oxygen atoms in total. The molecule has 1 aliphatic heterocycles. The van der Waals surface area contributed by atoms with Crippen molar-refractivity contribution < 1.29 is 18.3 Å². The molecule has 1 saturated heterocycles. The van der Waals surface area contributed by atoms with Gasteiger partial charge in [-0.3, -0.25) is 13.9 Å². The summed E-state index contributed by atoms with van der Waals surface area (Å²) < 4.78 is 33.0. The van der Waals surface area contributed by atoms with Crippen LogP contribution in [-0.4, -0.2) is 32.6 Å². The first kappa shape index (κ1) is 19.9. The zero-order valence-corrected chi connectivity index (χ0v) is 16.1. The second-order valence-electron chi connectivity index (χ2n) is 7.08. The van der Waals surface area contributed by atoms with Gasteiger partial charge in [-0.25, -0.2) is 4.39 Å². The average Bonchev–Trinajstić information content (AvgIpc) is 2.65. The Morgan fingerprint density at radius 1 is 1.07 bits per heavy atom. The topological polar surface area (TPSA) is 69.6 Å². The minimum absolute atomic E-state index is 0.0151. The maximum Gasteiger partial charge on any atom is 0.220 e. The van der Waals surface area contributed by atoms with Crippen molar-refractivity contribution in [2.75, 3.05) is 11.5 Å². The molecule has 0 atom stereocenters. The van der Waals surface area contributed by atoms with Crippen LogP contribution in [0, 0.1) is 5.82 Å². The first-order valence-corrected chi connectivity index (χ1v) is 11.2. The first-order chi connectivity index (χ1) is 12.9. The van der Waals surface area contributed by atoms with Gasteiger partial charge >= 0.3 is 0 Å². The first-order valence-electron chi connectivity index (χ1n) is 9.30. The quantitative estimate of drug-likeness (QED) is 0.660. The zero-order chi connectivity index (χ0) is 19.3. The van der Waals surface area contributed by atoms with E-state index >= 15 is 0 Å².